The van der Waals surface area contributed by atoms with Crippen LogP contribution in [0.2, 0.25) is 5.02 Å². The Hall–Kier alpha value is -1.75. The Labute approximate surface area is 111 Å². The van der Waals surface area contributed by atoms with Crippen LogP contribution >= 0.6 is 11.6 Å². The lowest BCUT2D eigenvalue weighted by atomic mass is 10.2. The molecule has 0 spiro atoms. The summed E-state index contributed by atoms with van der Waals surface area (Å²) in [6.07, 6.45) is 0. The minimum atomic E-state index is -0.404. The van der Waals surface area contributed by atoms with Crippen LogP contribution in [0.1, 0.15) is 24.2 Å². The van der Waals surface area contributed by atoms with Gasteiger partial charge in [-0.15, -0.1) is 0 Å². The average molecular weight is 270 g/mol. The molecule has 1 aromatic carbocycles. The number of rotatable bonds is 4. The van der Waals surface area contributed by atoms with E-state index in [0.29, 0.717) is 11.3 Å². The third-order valence-electron chi connectivity index (χ3n) is 2.10. The summed E-state index contributed by atoms with van der Waals surface area (Å²) in [6.45, 7) is 3.60. The van der Waals surface area contributed by atoms with Gasteiger partial charge in [-0.3, -0.25) is 9.59 Å². The molecular formula is C12H16ClN3O2. The maximum absolute atomic E-state index is 11.8. The zero-order valence-electron chi connectivity index (χ0n) is 10.3. The fourth-order valence-corrected chi connectivity index (χ4v) is 1.62. The van der Waals surface area contributed by atoms with Gasteiger partial charge in [0.15, 0.2) is 0 Å². The van der Waals surface area contributed by atoms with Crippen LogP contribution in [-0.4, -0.2) is 24.4 Å². The van der Waals surface area contributed by atoms with E-state index in [1.165, 1.54) is 12.1 Å². The van der Waals surface area contributed by atoms with Crippen LogP contribution in [0, 0.1) is 0 Å². The molecule has 98 valence electrons. The molecule has 4 N–H and O–H groups in total. The first-order valence-electron chi connectivity index (χ1n) is 5.52. The first-order valence-corrected chi connectivity index (χ1v) is 5.90. The summed E-state index contributed by atoms with van der Waals surface area (Å²) < 4.78 is 0. The predicted molar refractivity (Wildman–Crippen MR) is 71.5 cm³/mol. The van der Waals surface area contributed by atoms with E-state index in [1.807, 2.05) is 13.8 Å². The highest BCUT2D eigenvalue weighted by molar-refractivity contribution is 6.34. The molecule has 0 radical (unpaired) electrons. The van der Waals surface area contributed by atoms with Crippen molar-refractivity contribution in [3.05, 3.63) is 28.8 Å². The molecule has 0 atom stereocenters. The van der Waals surface area contributed by atoms with Gasteiger partial charge in [0.25, 0.3) is 5.91 Å². The molecule has 6 heteroatoms. The lowest BCUT2D eigenvalue weighted by Crippen LogP contribution is -2.39. The molecule has 1 rings (SSSR count). The molecule has 0 heterocycles. The second-order valence-corrected chi connectivity index (χ2v) is 4.55. The van der Waals surface area contributed by atoms with Crippen LogP contribution < -0.4 is 16.4 Å². The number of nitrogen functional groups attached to an aromatic ring is 1. The van der Waals surface area contributed by atoms with E-state index in [0.717, 1.165) is 0 Å². The molecule has 0 aliphatic rings. The standard InChI is InChI=1S/C12H16ClN3O2/c1-7(2)16-11(17)6-15-12(18)9-4-3-8(14)5-10(9)13/h3-5,7H,6,14H2,1-2H3,(H,15,18)(H,16,17). The largest absolute Gasteiger partial charge is 0.399 e. The monoisotopic (exact) mass is 269 g/mol. The summed E-state index contributed by atoms with van der Waals surface area (Å²) in [5.41, 5.74) is 6.30. The van der Waals surface area contributed by atoms with Gasteiger partial charge in [0.05, 0.1) is 17.1 Å². The van der Waals surface area contributed by atoms with Crippen molar-refractivity contribution >= 4 is 29.1 Å². The van der Waals surface area contributed by atoms with Crippen LogP contribution in [0.5, 0.6) is 0 Å². The van der Waals surface area contributed by atoms with Crippen molar-refractivity contribution in [1.82, 2.24) is 10.6 Å². The molecule has 0 saturated carbocycles. The number of carbonyl (C=O) groups excluding carboxylic acids is 2. The van der Waals surface area contributed by atoms with Gasteiger partial charge in [-0.05, 0) is 32.0 Å². The molecule has 5 nitrogen and oxygen atoms in total. The Morgan fingerprint density at radius 3 is 2.61 bits per heavy atom. The van der Waals surface area contributed by atoms with Crippen molar-refractivity contribution in [1.29, 1.82) is 0 Å². The van der Waals surface area contributed by atoms with Crippen LogP contribution in [-0.2, 0) is 4.79 Å². The maximum atomic E-state index is 11.8. The highest BCUT2D eigenvalue weighted by Crippen LogP contribution is 2.18. The minimum Gasteiger partial charge on any atom is -0.399 e. The molecule has 0 bridgehead atoms. The molecule has 18 heavy (non-hydrogen) atoms. The molecular weight excluding hydrogens is 254 g/mol. The van der Waals surface area contributed by atoms with Gasteiger partial charge < -0.3 is 16.4 Å². The summed E-state index contributed by atoms with van der Waals surface area (Å²) in [5.74, 6) is -0.649. The van der Waals surface area contributed by atoms with Crippen molar-refractivity contribution in [3.63, 3.8) is 0 Å². The Bertz CT molecular complexity index is 461. The molecule has 0 aromatic heterocycles. The maximum Gasteiger partial charge on any atom is 0.253 e. The van der Waals surface area contributed by atoms with Crippen LogP contribution in [0.25, 0.3) is 0 Å². The summed E-state index contributed by atoms with van der Waals surface area (Å²) in [7, 11) is 0. The third-order valence-corrected chi connectivity index (χ3v) is 2.41. The van der Waals surface area contributed by atoms with Crippen molar-refractivity contribution in [3.8, 4) is 0 Å². The number of hydrogen-bond donors (Lipinski definition) is 3. The van der Waals surface area contributed by atoms with Gasteiger partial charge in [0.2, 0.25) is 5.91 Å². The zero-order chi connectivity index (χ0) is 13.7. The number of nitrogens with one attached hydrogen (secondary N) is 2. The summed E-state index contributed by atoms with van der Waals surface area (Å²) in [6, 6.07) is 4.63. The first kappa shape index (κ1) is 14.3. The number of hydrogen-bond acceptors (Lipinski definition) is 3. The van der Waals surface area contributed by atoms with E-state index in [4.69, 9.17) is 17.3 Å². The first-order chi connectivity index (χ1) is 8.40. The smallest absolute Gasteiger partial charge is 0.253 e. The number of halogens is 1. The lowest BCUT2D eigenvalue weighted by Gasteiger charge is -2.10. The zero-order valence-corrected chi connectivity index (χ0v) is 11.0. The Morgan fingerprint density at radius 1 is 1.39 bits per heavy atom. The number of amides is 2. The normalized spacial score (nSPS) is 10.2. The Kier molecular flexibility index (Phi) is 4.97. The Balaban J connectivity index is 2.58. The van der Waals surface area contributed by atoms with Gasteiger partial charge >= 0.3 is 0 Å². The van der Waals surface area contributed by atoms with Gasteiger partial charge in [0.1, 0.15) is 0 Å². The molecule has 1 aromatic rings. The average Bonchev–Trinajstić information content (AvgIpc) is 2.25. The fourth-order valence-electron chi connectivity index (χ4n) is 1.34. The van der Waals surface area contributed by atoms with Gasteiger partial charge in [0, 0.05) is 11.7 Å². The minimum absolute atomic E-state index is 0.0366. The van der Waals surface area contributed by atoms with E-state index in [9.17, 15) is 9.59 Å². The molecule has 0 fully saturated rings. The summed E-state index contributed by atoms with van der Waals surface area (Å²) >= 11 is 5.88. The van der Waals surface area contributed by atoms with Crippen molar-refractivity contribution in [2.75, 3.05) is 12.3 Å². The fraction of sp³-hybridized carbons (Fsp3) is 0.333. The molecule has 2 amide bonds. The summed E-state index contributed by atoms with van der Waals surface area (Å²) in [4.78, 5) is 23.1. The number of carbonyl (C=O) groups is 2. The third kappa shape index (κ3) is 4.25. The molecule has 0 saturated heterocycles. The van der Waals surface area contributed by atoms with Gasteiger partial charge in [-0.2, -0.15) is 0 Å². The van der Waals surface area contributed by atoms with Crippen molar-refractivity contribution < 1.29 is 9.59 Å². The second-order valence-electron chi connectivity index (χ2n) is 4.14. The van der Waals surface area contributed by atoms with Crippen LogP contribution in [0.3, 0.4) is 0 Å². The van der Waals surface area contributed by atoms with Crippen LogP contribution in [0.15, 0.2) is 18.2 Å². The van der Waals surface area contributed by atoms with Gasteiger partial charge in [-0.1, -0.05) is 11.6 Å². The highest BCUT2D eigenvalue weighted by atomic mass is 35.5. The van der Waals surface area contributed by atoms with Crippen LogP contribution in [0.4, 0.5) is 5.69 Å². The summed E-state index contributed by atoms with van der Waals surface area (Å²) in [5, 5.41) is 5.42. The van der Waals surface area contributed by atoms with E-state index < -0.39 is 5.91 Å². The topological polar surface area (TPSA) is 84.2 Å². The number of nitrogens with two attached hydrogens (primary N) is 1. The highest BCUT2D eigenvalue weighted by Gasteiger charge is 2.11. The van der Waals surface area contributed by atoms with E-state index in [1.54, 1.807) is 6.07 Å². The van der Waals surface area contributed by atoms with Gasteiger partial charge in [-0.25, -0.2) is 0 Å². The number of benzene rings is 1. The number of anilines is 1. The SMILES string of the molecule is CC(C)NC(=O)CNC(=O)c1ccc(N)cc1Cl. The van der Waals surface area contributed by atoms with E-state index in [-0.39, 0.29) is 23.5 Å². The van der Waals surface area contributed by atoms with E-state index in [2.05, 4.69) is 10.6 Å². The predicted octanol–water partition coefficient (Wildman–Crippen LogP) is 1.18. The van der Waals surface area contributed by atoms with E-state index >= 15 is 0 Å². The van der Waals surface area contributed by atoms with Crippen molar-refractivity contribution in [2.24, 2.45) is 0 Å². The quantitative estimate of drug-likeness (QED) is 0.718. The molecule has 0 aliphatic heterocycles. The van der Waals surface area contributed by atoms with Crippen molar-refractivity contribution in [2.45, 2.75) is 19.9 Å². The molecule has 0 unspecified atom stereocenters. The molecule has 0 aliphatic carbocycles. The lowest BCUT2D eigenvalue weighted by molar-refractivity contribution is -0.120. The Morgan fingerprint density at radius 2 is 2.06 bits per heavy atom. The second kappa shape index (κ2) is 6.26.